The van der Waals surface area contributed by atoms with Gasteiger partial charge in [0.1, 0.15) is 0 Å². The Morgan fingerprint density at radius 3 is 2.24 bits per heavy atom. The molecular formula is C26H34ClN3O3S. The van der Waals surface area contributed by atoms with E-state index >= 15 is 0 Å². The van der Waals surface area contributed by atoms with Crippen molar-refractivity contribution in [3.05, 3.63) is 70.2 Å². The SMILES string of the molecule is O=C(NCc1ccc(CN2CCCCC2)cc1)C1CCN(S(=O)(=O)Cc2ccccc2Cl)CC1. The number of halogens is 1. The van der Waals surface area contributed by atoms with Crippen molar-refractivity contribution in [2.24, 2.45) is 5.92 Å². The molecule has 1 N–H and O–H groups in total. The highest BCUT2D eigenvalue weighted by atomic mass is 35.5. The first-order valence-electron chi connectivity index (χ1n) is 12.2. The molecule has 0 aliphatic carbocycles. The number of hydrogen-bond acceptors (Lipinski definition) is 4. The lowest BCUT2D eigenvalue weighted by atomic mass is 9.97. The predicted octanol–water partition coefficient (Wildman–Crippen LogP) is 4.18. The van der Waals surface area contributed by atoms with Crippen LogP contribution in [0.2, 0.25) is 5.02 Å². The lowest BCUT2D eigenvalue weighted by molar-refractivity contribution is -0.126. The molecule has 0 radical (unpaired) electrons. The molecule has 0 atom stereocenters. The highest BCUT2D eigenvalue weighted by Crippen LogP contribution is 2.24. The maximum Gasteiger partial charge on any atom is 0.223 e. The Kier molecular flexibility index (Phi) is 8.64. The zero-order chi connectivity index (χ0) is 24.0. The number of hydrogen-bond donors (Lipinski definition) is 1. The molecule has 1 amide bonds. The largest absolute Gasteiger partial charge is 0.352 e. The van der Waals surface area contributed by atoms with Crippen LogP contribution < -0.4 is 5.32 Å². The van der Waals surface area contributed by atoms with Gasteiger partial charge in [0, 0.05) is 37.1 Å². The minimum absolute atomic E-state index is 0.000505. The predicted molar refractivity (Wildman–Crippen MR) is 136 cm³/mol. The summed E-state index contributed by atoms with van der Waals surface area (Å²) >= 11 is 6.13. The number of amides is 1. The van der Waals surface area contributed by atoms with Crippen LogP contribution in [0.5, 0.6) is 0 Å². The number of benzene rings is 2. The van der Waals surface area contributed by atoms with Crippen molar-refractivity contribution in [3.8, 4) is 0 Å². The first-order chi connectivity index (χ1) is 16.4. The number of piperidine rings is 2. The molecule has 2 aliphatic heterocycles. The molecule has 2 fully saturated rings. The van der Waals surface area contributed by atoms with Crippen LogP contribution in [0.1, 0.15) is 48.8 Å². The maximum atomic E-state index is 12.8. The van der Waals surface area contributed by atoms with E-state index in [0.717, 1.165) is 12.1 Å². The third kappa shape index (κ3) is 6.81. The molecule has 2 aromatic rings. The zero-order valence-electron chi connectivity index (χ0n) is 19.6. The Balaban J connectivity index is 1.22. The molecule has 0 spiro atoms. The third-order valence-corrected chi connectivity index (χ3v) is 9.05. The molecule has 6 nitrogen and oxygen atoms in total. The second-order valence-corrected chi connectivity index (χ2v) is 11.8. The molecule has 184 valence electrons. The van der Waals surface area contributed by atoms with E-state index < -0.39 is 10.0 Å². The molecular weight excluding hydrogens is 470 g/mol. The van der Waals surface area contributed by atoms with Gasteiger partial charge >= 0.3 is 0 Å². The summed E-state index contributed by atoms with van der Waals surface area (Å²) in [6.07, 6.45) is 4.98. The van der Waals surface area contributed by atoms with Crippen LogP contribution in [0.4, 0.5) is 0 Å². The molecule has 0 unspecified atom stereocenters. The second kappa shape index (κ2) is 11.7. The summed E-state index contributed by atoms with van der Waals surface area (Å²) in [5.41, 5.74) is 2.99. The molecule has 34 heavy (non-hydrogen) atoms. The smallest absolute Gasteiger partial charge is 0.223 e. The number of nitrogens with zero attached hydrogens (tertiary/aromatic N) is 2. The van der Waals surface area contributed by atoms with Gasteiger partial charge in [-0.15, -0.1) is 0 Å². The molecule has 2 aliphatic rings. The third-order valence-electron chi connectivity index (χ3n) is 6.86. The normalized spacial score (nSPS) is 18.6. The molecule has 8 heteroatoms. The molecule has 0 saturated carbocycles. The van der Waals surface area contributed by atoms with Gasteiger partial charge in [-0.1, -0.05) is 60.5 Å². The Labute approximate surface area is 208 Å². The second-order valence-electron chi connectivity index (χ2n) is 9.39. The van der Waals surface area contributed by atoms with E-state index in [-0.39, 0.29) is 17.6 Å². The highest BCUT2D eigenvalue weighted by Gasteiger charge is 2.31. The standard InChI is InChI=1S/C26H34ClN3O3S/c27-25-7-3-2-6-24(25)20-34(32,33)30-16-12-23(13-17-30)26(31)28-18-21-8-10-22(11-9-21)19-29-14-4-1-5-15-29/h2-3,6-11,23H,1,4-5,12-20H2,(H,28,31). The monoisotopic (exact) mass is 503 g/mol. The van der Waals surface area contributed by atoms with Crippen LogP contribution in [-0.4, -0.2) is 49.7 Å². The van der Waals surface area contributed by atoms with Crippen LogP contribution in [0.25, 0.3) is 0 Å². The summed E-state index contributed by atoms with van der Waals surface area (Å²) in [6, 6.07) is 15.5. The fourth-order valence-electron chi connectivity index (χ4n) is 4.77. The van der Waals surface area contributed by atoms with Crippen molar-refractivity contribution in [2.75, 3.05) is 26.2 Å². The first kappa shape index (κ1) is 25.2. The van der Waals surface area contributed by atoms with Gasteiger partial charge in [-0.3, -0.25) is 9.69 Å². The van der Waals surface area contributed by atoms with Gasteiger partial charge in [-0.25, -0.2) is 12.7 Å². The van der Waals surface area contributed by atoms with E-state index in [1.54, 1.807) is 24.3 Å². The summed E-state index contributed by atoms with van der Waals surface area (Å²) in [4.78, 5) is 15.2. The fraction of sp³-hybridized carbons (Fsp3) is 0.500. The molecule has 4 rings (SSSR count). The molecule has 0 aromatic heterocycles. The Morgan fingerprint density at radius 2 is 1.56 bits per heavy atom. The van der Waals surface area contributed by atoms with Crippen LogP contribution in [-0.2, 0) is 33.7 Å². The molecule has 2 heterocycles. The lowest BCUT2D eigenvalue weighted by Gasteiger charge is -2.30. The first-order valence-corrected chi connectivity index (χ1v) is 14.2. The lowest BCUT2D eigenvalue weighted by Crippen LogP contribution is -2.43. The Morgan fingerprint density at radius 1 is 0.912 bits per heavy atom. The summed E-state index contributed by atoms with van der Waals surface area (Å²) in [6.45, 7) is 4.56. The fourth-order valence-corrected chi connectivity index (χ4v) is 6.65. The van der Waals surface area contributed by atoms with Gasteiger partial charge in [0.15, 0.2) is 0 Å². The van der Waals surface area contributed by atoms with Crippen molar-refractivity contribution in [2.45, 2.75) is 50.9 Å². The summed E-state index contributed by atoms with van der Waals surface area (Å²) in [5, 5.41) is 3.49. The van der Waals surface area contributed by atoms with E-state index in [4.69, 9.17) is 11.6 Å². The van der Waals surface area contributed by atoms with E-state index in [1.165, 1.54) is 42.2 Å². The molecule has 0 bridgehead atoms. The number of carbonyl (C=O) groups is 1. The Bertz CT molecular complexity index is 1060. The minimum Gasteiger partial charge on any atom is -0.352 e. The van der Waals surface area contributed by atoms with E-state index in [9.17, 15) is 13.2 Å². The average molecular weight is 504 g/mol. The van der Waals surface area contributed by atoms with Gasteiger partial charge in [0.25, 0.3) is 0 Å². The van der Waals surface area contributed by atoms with Gasteiger partial charge in [0.2, 0.25) is 15.9 Å². The van der Waals surface area contributed by atoms with Crippen LogP contribution in [0.3, 0.4) is 0 Å². The van der Waals surface area contributed by atoms with Crippen LogP contribution in [0.15, 0.2) is 48.5 Å². The van der Waals surface area contributed by atoms with E-state index in [2.05, 4.69) is 34.5 Å². The molecule has 2 aromatic carbocycles. The van der Waals surface area contributed by atoms with Gasteiger partial charge in [-0.2, -0.15) is 0 Å². The maximum absolute atomic E-state index is 12.8. The average Bonchev–Trinajstić information content (AvgIpc) is 2.85. The Hall–Kier alpha value is -1.93. The van der Waals surface area contributed by atoms with Crippen molar-refractivity contribution in [3.63, 3.8) is 0 Å². The minimum atomic E-state index is -3.46. The van der Waals surface area contributed by atoms with E-state index in [0.29, 0.717) is 43.1 Å². The topological polar surface area (TPSA) is 69.7 Å². The number of rotatable bonds is 8. The van der Waals surface area contributed by atoms with Gasteiger partial charge < -0.3 is 5.32 Å². The number of carbonyl (C=O) groups excluding carboxylic acids is 1. The number of likely N-dealkylation sites (tertiary alicyclic amines) is 1. The van der Waals surface area contributed by atoms with Crippen molar-refractivity contribution in [1.29, 1.82) is 0 Å². The number of sulfonamides is 1. The zero-order valence-corrected chi connectivity index (χ0v) is 21.2. The summed E-state index contributed by atoms with van der Waals surface area (Å²) in [5.74, 6) is -0.275. The van der Waals surface area contributed by atoms with Gasteiger partial charge in [-0.05, 0) is 61.5 Å². The van der Waals surface area contributed by atoms with Crippen molar-refractivity contribution >= 4 is 27.5 Å². The number of nitrogens with one attached hydrogen (secondary N) is 1. The molecule has 2 saturated heterocycles. The quantitative estimate of drug-likeness (QED) is 0.586. The van der Waals surface area contributed by atoms with Crippen molar-refractivity contribution < 1.29 is 13.2 Å². The van der Waals surface area contributed by atoms with E-state index in [1.807, 2.05) is 0 Å². The summed E-state index contributed by atoms with van der Waals surface area (Å²) in [7, 11) is -3.46. The van der Waals surface area contributed by atoms with Crippen molar-refractivity contribution in [1.82, 2.24) is 14.5 Å². The highest BCUT2D eigenvalue weighted by molar-refractivity contribution is 7.88. The summed E-state index contributed by atoms with van der Waals surface area (Å²) < 4.78 is 27.1. The van der Waals surface area contributed by atoms with Crippen LogP contribution >= 0.6 is 11.6 Å². The van der Waals surface area contributed by atoms with Crippen LogP contribution in [0, 0.1) is 5.92 Å². The van der Waals surface area contributed by atoms with Gasteiger partial charge in [0.05, 0.1) is 5.75 Å².